The lowest BCUT2D eigenvalue weighted by Gasteiger charge is -2.32. The fourth-order valence-electron chi connectivity index (χ4n) is 3.98. The van der Waals surface area contributed by atoms with Crippen molar-refractivity contribution < 1.29 is 14.3 Å². The molecule has 6 heteroatoms. The maximum atomic E-state index is 8.81. The predicted octanol–water partition coefficient (Wildman–Crippen LogP) is 5.65. The first-order valence-corrected chi connectivity index (χ1v) is 11.4. The third kappa shape index (κ3) is 5.69. The van der Waals surface area contributed by atoms with Crippen molar-refractivity contribution >= 4 is 29.0 Å². The smallest absolute Gasteiger partial charge is 0.126 e. The van der Waals surface area contributed by atoms with E-state index in [9.17, 15) is 0 Å². The summed E-state index contributed by atoms with van der Waals surface area (Å²) in [6.07, 6.45) is 6.32. The first-order valence-electron chi connectivity index (χ1n) is 11.4. The third-order valence-electron chi connectivity index (χ3n) is 5.53. The topological polar surface area (TPSA) is 64.6 Å². The van der Waals surface area contributed by atoms with Crippen LogP contribution in [0.15, 0.2) is 37.0 Å². The summed E-state index contributed by atoms with van der Waals surface area (Å²) in [7, 11) is 3.42. The molecule has 0 aliphatic carbocycles. The molecule has 1 aliphatic rings. The van der Waals surface area contributed by atoms with Crippen LogP contribution in [0.5, 0.6) is 11.5 Å². The maximum absolute atomic E-state index is 8.81. The van der Waals surface area contributed by atoms with Crippen LogP contribution in [-0.4, -0.2) is 37.2 Å². The fraction of sp³-hybridized carbons (Fsp3) is 0.370. The molecule has 0 amide bonds. The van der Waals surface area contributed by atoms with Crippen molar-refractivity contribution in [2.75, 3.05) is 25.7 Å². The molecule has 4 rings (SSSR count). The number of benzene rings is 2. The number of aryl methyl sites for hydroxylation is 1. The minimum Gasteiger partial charge on any atom is -0.496 e. The number of hydrogen-bond acceptors (Lipinski definition) is 6. The number of aldehydes is 1. The van der Waals surface area contributed by atoms with E-state index in [1.165, 1.54) is 18.1 Å². The molecule has 0 saturated heterocycles. The van der Waals surface area contributed by atoms with Crippen LogP contribution >= 0.6 is 0 Å². The molecule has 0 atom stereocenters. The van der Waals surface area contributed by atoms with Crippen LogP contribution in [0.3, 0.4) is 0 Å². The summed E-state index contributed by atoms with van der Waals surface area (Å²) in [6, 6.07) is 8.50. The van der Waals surface area contributed by atoms with Crippen LogP contribution < -0.4 is 14.4 Å². The van der Waals surface area contributed by atoms with E-state index in [2.05, 4.69) is 52.9 Å². The Morgan fingerprint density at radius 3 is 2.39 bits per heavy atom. The second-order valence-electron chi connectivity index (χ2n) is 7.24. The molecule has 0 bridgehead atoms. The molecule has 0 fully saturated rings. The van der Waals surface area contributed by atoms with Gasteiger partial charge in [0.05, 0.1) is 31.6 Å². The zero-order valence-corrected chi connectivity index (χ0v) is 20.6. The van der Waals surface area contributed by atoms with E-state index >= 15 is 0 Å². The van der Waals surface area contributed by atoms with Gasteiger partial charge in [0.15, 0.2) is 0 Å². The van der Waals surface area contributed by atoms with Crippen molar-refractivity contribution in [2.45, 2.75) is 47.1 Å². The molecule has 1 aromatic heterocycles. The van der Waals surface area contributed by atoms with Crippen molar-refractivity contribution in [1.82, 2.24) is 10.2 Å². The molecule has 176 valence electrons. The number of anilines is 1. The van der Waals surface area contributed by atoms with E-state index < -0.39 is 0 Å². The highest BCUT2D eigenvalue weighted by Crippen LogP contribution is 2.35. The summed E-state index contributed by atoms with van der Waals surface area (Å²) in [5, 5.41) is 9.69. The van der Waals surface area contributed by atoms with Crippen LogP contribution in [0.25, 0.3) is 17.0 Å². The van der Waals surface area contributed by atoms with Gasteiger partial charge in [0.1, 0.15) is 17.8 Å². The van der Waals surface area contributed by atoms with E-state index in [1.54, 1.807) is 14.2 Å². The number of nitrogens with zero attached hydrogens (tertiary/aromatic N) is 3. The number of rotatable bonds is 5. The number of carbonyl (C=O) groups excluding carboxylic acids is 1. The number of aromatic nitrogens is 2. The Kier molecular flexibility index (Phi) is 9.85. The van der Waals surface area contributed by atoms with Gasteiger partial charge in [0.25, 0.3) is 0 Å². The van der Waals surface area contributed by atoms with Crippen molar-refractivity contribution in [2.24, 2.45) is 0 Å². The van der Waals surface area contributed by atoms with E-state index in [0.717, 1.165) is 71.4 Å². The fourth-order valence-corrected chi connectivity index (χ4v) is 3.98. The summed E-state index contributed by atoms with van der Waals surface area (Å²) >= 11 is 0. The molecule has 6 nitrogen and oxygen atoms in total. The number of fused-ring (bicyclic) bond motifs is 2. The molecule has 33 heavy (non-hydrogen) atoms. The number of hydrogen-bond donors (Lipinski definition) is 0. The molecule has 0 radical (unpaired) electrons. The van der Waals surface area contributed by atoms with E-state index in [-0.39, 0.29) is 0 Å². The maximum Gasteiger partial charge on any atom is 0.126 e. The predicted molar refractivity (Wildman–Crippen MR) is 136 cm³/mol. The number of carbonyl (C=O) groups is 1. The average molecular weight is 450 g/mol. The van der Waals surface area contributed by atoms with Gasteiger partial charge in [-0.3, -0.25) is 0 Å². The lowest BCUT2D eigenvalue weighted by Crippen LogP contribution is -2.30. The van der Waals surface area contributed by atoms with Crippen LogP contribution in [0, 0.1) is 0 Å². The zero-order valence-electron chi connectivity index (χ0n) is 20.6. The lowest BCUT2D eigenvalue weighted by molar-refractivity contribution is -0.106. The van der Waals surface area contributed by atoms with Gasteiger partial charge in [0, 0.05) is 24.0 Å². The van der Waals surface area contributed by atoms with Crippen molar-refractivity contribution in [1.29, 1.82) is 0 Å². The van der Waals surface area contributed by atoms with Gasteiger partial charge in [0.2, 0.25) is 0 Å². The quantitative estimate of drug-likeness (QED) is 0.469. The largest absolute Gasteiger partial charge is 0.496 e. The van der Waals surface area contributed by atoms with Crippen molar-refractivity contribution in [3.63, 3.8) is 0 Å². The molecule has 2 aromatic carbocycles. The average Bonchev–Trinajstić information content (AvgIpc) is 2.87. The molecule has 0 N–H and O–H groups in total. The highest BCUT2D eigenvalue weighted by atomic mass is 16.5. The van der Waals surface area contributed by atoms with Gasteiger partial charge in [-0.1, -0.05) is 33.4 Å². The minimum atomic E-state index is 0.750. The monoisotopic (exact) mass is 449 g/mol. The van der Waals surface area contributed by atoms with Gasteiger partial charge >= 0.3 is 0 Å². The summed E-state index contributed by atoms with van der Waals surface area (Å²) in [5.41, 5.74) is 6.80. The van der Waals surface area contributed by atoms with Crippen molar-refractivity contribution in [3.05, 3.63) is 59.3 Å². The highest BCUT2D eigenvalue weighted by Gasteiger charge is 2.21. The molecule has 2 heterocycles. The summed E-state index contributed by atoms with van der Waals surface area (Å²) in [6.45, 7) is 13.2. The Balaban J connectivity index is 0.000000714. The number of ether oxygens (including phenoxy) is 2. The number of methoxy groups -OCH3 is 2. The lowest BCUT2D eigenvalue weighted by atomic mass is 9.95. The SMILES string of the molecule is C=Cc1cc2c(cc1OC)CN(c1cnnc3cc(CC)c(OC)cc13)CC2.CC.CC=O. The zero-order chi connectivity index (χ0) is 24.4. The summed E-state index contributed by atoms with van der Waals surface area (Å²) < 4.78 is 11.1. The van der Waals surface area contributed by atoms with E-state index in [4.69, 9.17) is 14.3 Å². The molecule has 0 spiro atoms. The van der Waals surface area contributed by atoms with E-state index in [1.807, 2.05) is 26.1 Å². The molecule has 0 unspecified atom stereocenters. The van der Waals surface area contributed by atoms with Gasteiger partial charge in [-0.2, -0.15) is 10.2 Å². The van der Waals surface area contributed by atoms with Crippen LogP contribution in [0.2, 0.25) is 0 Å². The van der Waals surface area contributed by atoms with Gasteiger partial charge in [-0.05, 0) is 60.7 Å². The standard InChI is InChI=1S/C23H25N3O2.C2H4O.C2H6/c1-5-15-9-17-7-8-26(14-18(17)11-22(15)27-3)21-13-24-25-20-10-16(6-2)23(28-4)12-19(20)21;1-2-3;1-2/h5,9-13H,1,6-8,14H2,2-4H3;2H,1H3;1-2H3. The summed E-state index contributed by atoms with van der Waals surface area (Å²) in [4.78, 5) is 11.2. The van der Waals surface area contributed by atoms with Crippen LogP contribution in [0.4, 0.5) is 5.69 Å². The Hall–Kier alpha value is -3.41. The van der Waals surface area contributed by atoms with Crippen LogP contribution in [-0.2, 0) is 24.2 Å². The first kappa shape index (κ1) is 25.8. The summed E-state index contributed by atoms with van der Waals surface area (Å²) in [5.74, 6) is 1.77. The first-order chi connectivity index (χ1) is 16.1. The van der Waals surface area contributed by atoms with E-state index in [0.29, 0.717) is 0 Å². The van der Waals surface area contributed by atoms with Crippen LogP contribution in [0.1, 0.15) is 49.9 Å². The second-order valence-corrected chi connectivity index (χ2v) is 7.24. The Labute approximate surface area is 197 Å². The van der Waals surface area contributed by atoms with Gasteiger partial charge in [-0.25, -0.2) is 0 Å². The highest BCUT2D eigenvalue weighted by molar-refractivity contribution is 5.92. The van der Waals surface area contributed by atoms with Crippen molar-refractivity contribution in [3.8, 4) is 11.5 Å². The molecule has 3 aromatic rings. The second kappa shape index (κ2) is 12.6. The molecular formula is C27H35N3O3. The van der Waals surface area contributed by atoms with Gasteiger partial charge in [-0.15, -0.1) is 0 Å². The Morgan fingerprint density at radius 1 is 1.09 bits per heavy atom. The minimum absolute atomic E-state index is 0.750. The Morgan fingerprint density at radius 2 is 1.79 bits per heavy atom. The molecule has 0 saturated carbocycles. The third-order valence-corrected chi connectivity index (χ3v) is 5.53. The Bertz CT molecular complexity index is 1100. The molecule has 1 aliphatic heterocycles. The van der Waals surface area contributed by atoms with Gasteiger partial charge < -0.3 is 19.2 Å². The molecular weight excluding hydrogens is 414 g/mol. The normalized spacial score (nSPS) is 11.9.